The normalized spacial score (nSPS) is 11.0. The summed E-state index contributed by atoms with van der Waals surface area (Å²) in [5, 5.41) is 9.18. The van der Waals surface area contributed by atoms with Crippen LogP contribution >= 0.6 is 0 Å². The molecular formula is C20H15NO3S. The number of nitrogens with zero attached hydrogens (tertiary/aromatic N) is 1. The fourth-order valence-electron chi connectivity index (χ4n) is 2.41. The third kappa shape index (κ3) is 3.94. The van der Waals surface area contributed by atoms with Gasteiger partial charge in [0.05, 0.1) is 23.1 Å². The Labute approximate surface area is 147 Å². The van der Waals surface area contributed by atoms with E-state index in [1.165, 1.54) is 12.1 Å². The summed E-state index contributed by atoms with van der Waals surface area (Å²) in [6, 6.07) is 24.8. The number of rotatable bonds is 5. The van der Waals surface area contributed by atoms with Gasteiger partial charge in [0.25, 0.3) is 10.1 Å². The minimum atomic E-state index is -3.77. The lowest BCUT2D eigenvalue weighted by atomic mass is 9.99. The second-order valence-corrected chi connectivity index (χ2v) is 7.00. The van der Waals surface area contributed by atoms with Crippen LogP contribution in [-0.4, -0.2) is 8.42 Å². The maximum atomic E-state index is 12.1. The Kier molecular flexibility index (Phi) is 4.94. The van der Waals surface area contributed by atoms with Gasteiger partial charge in [0.1, 0.15) is 0 Å². The Morgan fingerprint density at radius 2 is 1.48 bits per heavy atom. The molecule has 0 N–H and O–H groups in total. The van der Waals surface area contributed by atoms with E-state index in [0.717, 1.165) is 16.7 Å². The van der Waals surface area contributed by atoms with Gasteiger partial charge in [-0.1, -0.05) is 60.7 Å². The Morgan fingerprint density at radius 1 is 0.840 bits per heavy atom. The van der Waals surface area contributed by atoms with Crippen molar-refractivity contribution in [3.8, 4) is 17.2 Å². The summed E-state index contributed by atoms with van der Waals surface area (Å²) in [7, 11) is -3.77. The van der Waals surface area contributed by atoms with Gasteiger partial charge in [-0.15, -0.1) is 0 Å². The van der Waals surface area contributed by atoms with Crippen molar-refractivity contribution < 1.29 is 12.6 Å². The van der Waals surface area contributed by atoms with E-state index in [1.807, 2.05) is 30.3 Å². The molecule has 0 bridgehead atoms. The molecule has 0 radical (unpaired) electrons. The highest BCUT2D eigenvalue weighted by atomic mass is 32.2. The summed E-state index contributed by atoms with van der Waals surface area (Å²) in [6.07, 6.45) is 0. The molecule has 3 aromatic carbocycles. The smallest absolute Gasteiger partial charge is 0.262 e. The predicted octanol–water partition coefficient (Wildman–Crippen LogP) is 4.13. The van der Waals surface area contributed by atoms with Crippen LogP contribution in [0, 0.1) is 11.3 Å². The minimum absolute atomic E-state index is 0.0442. The van der Waals surface area contributed by atoms with Crippen molar-refractivity contribution in [2.45, 2.75) is 11.5 Å². The van der Waals surface area contributed by atoms with Crippen molar-refractivity contribution in [2.75, 3.05) is 0 Å². The maximum absolute atomic E-state index is 12.1. The number of nitriles is 1. The first-order valence-corrected chi connectivity index (χ1v) is 9.04. The van der Waals surface area contributed by atoms with E-state index in [-0.39, 0.29) is 11.5 Å². The van der Waals surface area contributed by atoms with E-state index in [4.69, 9.17) is 4.18 Å². The number of hydrogen-bond acceptors (Lipinski definition) is 4. The molecule has 0 spiro atoms. The van der Waals surface area contributed by atoms with E-state index in [1.54, 1.807) is 36.4 Å². The van der Waals surface area contributed by atoms with Gasteiger partial charge >= 0.3 is 0 Å². The Morgan fingerprint density at radius 3 is 2.16 bits per heavy atom. The first-order chi connectivity index (χ1) is 12.1. The number of hydrogen-bond donors (Lipinski definition) is 0. The van der Waals surface area contributed by atoms with Crippen LogP contribution in [0.2, 0.25) is 0 Å². The highest BCUT2D eigenvalue weighted by molar-refractivity contribution is 7.86. The minimum Gasteiger partial charge on any atom is -0.262 e. The quantitative estimate of drug-likeness (QED) is 0.650. The third-order valence-corrected chi connectivity index (χ3v) is 5.00. The molecule has 0 amide bonds. The summed E-state index contributed by atoms with van der Waals surface area (Å²) >= 11 is 0. The van der Waals surface area contributed by atoms with Crippen molar-refractivity contribution >= 4 is 10.1 Å². The van der Waals surface area contributed by atoms with Crippen molar-refractivity contribution in [3.05, 3.63) is 90.0 Å². The molecule has 3 rings (SSSR count). The highest BCUT2D eigenvalue weighted by Crippen LogP contribution is 2.24. The molecule has 4 nitrogen and oxygen atoms in total. The first kappa shape index (κ1) is 16.9. The number of benzene rings is 3. The summed E-state index contributed by atoms with van der Waals surface area (Å²) in [4.78, 5) is 0.134. The Balaban J connectivity index is 1.75. The Bertz CT molecular complexity index is 1000. The molecule has 3 aromatic rings. The molecule has 0 heterocycles. The maximum Gasteiger partial charge on any atom is 0.297 e. The van der Waals surface area contributed by atoms with E-state index >= 15 is 0 Å². The second-order valence-electron chi connectivity index (χ2n) is 5.38. The van der Waals surface area contributed by atoms with Gasteiger partial charge in [-0.25, -0.2) is 0 Å². The third-order valence-electron chi connectivity index (χ3n) is 3.73. The van der Waals surface area contributed by atoms with Crippen molar-refractivity contribution in [1.82, 2.24) is 0 Å². The molecule has 0 aliphatic rings. The average Bonchev–Trinajstić information content (AvgIpc) is 2.67. The molecule has 0 saturated carbocycles. The summed E-state index contributed by atoms with van der Waals surface area (Å²) in [5.41, 5.74) is 3.07. The van der Waals surface area contributed by atoms with E-state index in [2.05, 4.69) is 6.07 Å². The highest BCUT2D eigenvalue weighted by Gasteiger charge is 2.14. The van der Waals surface area contributed by atoms with Crippen LogP contribution in [0.4, 0.5) is 0 Å². The van der Waals surface area contributed by atoms with Crippen molar-refractivity contribution in [1.29, 1.82) is 5.26 Å². The molecule has 124 valence electrons. The van der Waals surface area contributed by atoms with Crippen LogP contribution in [-0.2, 0) is 20.9 Å². The standard InChI is InChI=1S/C20H15NO3S/c21-14-18-6-4-5-9-20(18)17-12-10-16(11-13-17)15-24-25(22,23)19-7-2-1-3-8-19/h1-13H,15H2. The fraction of sp³-hybridized carbons (Fsp3) is 0.0500. The van der Waals surface area contributed by atoms with Crippen LogP contribution in [0.25, 0.3) is 11.1 Å². The fourth-order valence-corrected chi connectivity index (χ4v) is 3.33. The molecule has 0 unspecified atom stereocenters. The lowest BCUT2D eigenvalue weighted by Crippen LogP contribution is -2.06. The zero-order chi connectivity index (χ0) is 17.7. The predicted molar refractivity (Wildman–Crippen MR) is 95.0 cm³/mol. The summed E-state index contributed by atoms with van der Waals surface area (Å²) in [6.45, 7) is -0.0442. The summed E-state index contributed by atoms with van der Waals surface area (Å²) < 4.78 is 29.4. The van der Waals surface area contributed by atoms with Crippen LogP contribution in [0.1, 0.15) is 11.1 Å². The van der Waals surface area contributed by atoms with Gasteiger partial charge in [0.15, 0.2) is 0 Å². The van der Waals surface area contributed by atoms with Gasteiger partial charge in [-0.2, -0.15) is 13.7 Å². The molecule has 0 aromatic heterocycles. The van der Waals surface area contributed by atoms with Gasteiger partial charge in [-0.05, 0) is 34.9 Å². The monoisotopic (exact) mass is 349 g/mol. The van der Waals surface area contributed by atoms with Crippen LogP contribution in [0.5, 0.6) is 0 Å². The van der Waals surface area contributed by atoms with Crippen LogP contribution < -0.4 is 0 Å². The lowest BCUT2D eigenvalue weighted by Gasteiger charge is -2.08. The molecular weight excluding hydrogens is 334 g/mol. The topological polar surface area (TPSA) is 67.2 Å². The zero-order valence-electron chi connectivity index (χ0n) is 13.3. The zero-order valence-corrected chi connectivity index (χ0v) is 14.1. The average molecular weight is 349 g/mol. The SMILES string of the molecule is N#Cc1ccccc1-c1ccc(COS(=O)(=O)c2ccccc2)cc1. The van der Waals surface area contributed by atoms with E-state index < -0.39 is 10.1 Å². The summed E-state index contributed by atoms with van der Waals surface area (Å²) in [5.74, 6) is 0. The van der Waals surface area contributed by atoms with Gasteiger partial charge in [0, 0.05) is 0 Å². The molecule has 5 heteroatoms. The van der Waals surface area contributed by atoms with Gasteiger partial charge in [0.2, 0.25) is 0 Å². The molecule has 0 fully saturated rings. The lowest BCUT2D eigenvalue weighted by molar-refractivity contribution is 0.308. The molecule has 0 atom stereocenters. The molecule has 25 heavy (non-hydrogen) atoms. The van der Waals surface area contributed by atoms with Crippen LogP contribution in [0.15, 0.2) is 83.8 Å². The molecule has 0 aliphatic heterocycles. The van der Waals surface area contributed by atoms with Crippen molar-refractivity contribution in [2.24, 2.45) is 0 Å². The molecule has 0 aliphatic carbocycles. The van der Waals surface area contributed by atoms with Crippen molar-refractivity contribution in [3.63, 3.8) is 0 Å². The Hall–Kier alpha value is -2.94. The van der Waals surface area contributed by atoms with Crippen LogP contribution in [0.3, 0.4) is 0 Å². The van der Waals surface area contributed by atoms with E-state index in [0.29, 0.717) is 5.56 Å². The van der Waals surface area contributed by atoms with E-state index in [9.17, 15) is 13.7 Å². The molecule has 0 saturated heterocycles. The first-order valence-electron chi connectivity index (χ1n) is 7.63. The largest absolute Gasteiger partial charge is 0.297 e. The van der Waals surface area contributed by atoms with Gasteiger partial charge < -0.3 is 0 Å². The van der Waals surface area contributed by atoms with Gasteiger partial charge in [-0.3, -0.25) is 4.18 Å². The second kappa shape index (κ2) is 7.31.